The summed E-state index contributed by atoms with van der Waals surface area (Å²) in [5.41, 5.74) is 19.1. The third-order valence-corrected chi connectivity index (χ3v) is 7.25. The van der Waals surface area contributed by atoms with Gasteiger partial charge in [0.25, 0.3) is 0 Å². The Kier molecular flexibility index (Phi) is 12.9. The number of carboxylic acids is 1. The SMILES string of the molecule is NCCCCC(N)C(=O)NC(Cc1ccccc1)C(=O)NC(CCC(N)=O)C(=O)NC(Cc1c[nH]c2ccccc12)C(=O)O. The monoisotopic (exact) mass is 607 g/mol. The number of amides is 4. The number of hydrogen-bond acceptors (Lipinski definition) is 7. The molecule has 0 spiro atoms. The second-order valence-electron chi connectivity index (χ2n) is 10.7. The Morgan fingerprint density at radius 1 is 0.773 bits per heavy atom. The topological polar surface area (TPSA) is 236 Å². The van der Waals surface area contributed by atoms with Gasteiger partial charge >= 0.3 is 5.97 Å². The number of aliphatic carboxylic acids is 1. The molecule has 0 aliphatic carbocycles. The summed E-state index contributed by atoms with van der Waals surface area (Å²) in [7, 11) is 0. The second-order valence-corrected chi connectivity index (χ2v) is 10.7. The lowest BCUT2D eigenvalue weighted by molar-refractivity contribution is -0.142. The van der Waals surface area contributed by atoms with E-state index in [0.29, 0.717) is 31.4 Å². The molecule has 2 aromatic carbocycles. The molecule has 3 aromatic rings. The van der Waals surface area contributed by atoms with Gasteiger partial charge in [-0.3, -0.25) is 19.2 Å². The average Bonchev–Trinajstić information content (AvgIpc) is 3.41. The lowest BCUT2D eigenvalue weighted by atomic mass is 10.0. The zero-order valence-corrected chi connectivity index (χ0v) is 24.5. The Bertz CT molecular complexity index is 1430. The van der Waals surface area contributed by atoms with Crippen molar-refractivity contribution in [1.29, 1.82) is 0 Å². The molecule has 1 aromatic heterocycles. The van der Waals surface area contributed by atoms with Crippen molar-refractivity contribution < 1.29 is 29.1 Å². The first-order chi connectivity index (χ1) is 21.1. The largest absolute Gasteiger partial charge is 0.480 e. The number of nitrogens with two attached hydrogens (primary N) is 3. The van der Waals surface area contributed by atoms with Gasteiger partial charge in [-0.05, 0) is 43.0 Å². The van der Waals surface area contributed by atoms with Crippen LogP contribution in [0.2, 0.25) is 0 Å². The number of H-pyrrole nitrogens is 1. The summed E-state index contributed by atoms with van der Waals surface area (Å²) in [4.78, 5) is 66.6. The molecule has 4 amide bonds. The molecule has 0 radical (unpaired) electrons. The van der Waals surface area contributed by atoms with Crippen LogP contribution in [-0.2, 0) is 36.8 Å². The Hall–Kier alpha value is -4.75. The van der Waals surface area contributed by atoms with Gasteiger partial charge in [-0.25, -0.2) is 4.79 Å². The minimum absolute atomic E-state index is 0.0314. The van der Waals surface area contributed by atoms with Crippen molar-refractivity contribution in [3.05, 3.63) is 71.9 Å². The number of carbonyl (C=O) groups is 5. The van der Waals surface area contributed by atoms with Gasteiger partial charge in [0.1, 0.15) is 18.1 Å². The normalized spacial score (nSPS) is 13.8. The number of carboxylic acid groups (broad SMARTS) is 1. The van der Waals surface area contributed by atoms with Crippen molar-refractivity contribution in [3.8, 4) is 0 Å². The van der Waals surface area contributed by atoms with Crippen LogP contribution in [-0.4, -0.2) is 70.4 Å². The van der Waals surface area contributed by atoms with E-state index in [-0.39, 0.29) is 25.7 Å². The molecule has 13 heteroatoms. The van der Waals surface area contributed by atoms with Crippen LogP contribution in [0.5, 0.6) is 0 Å². The molecule has 236 valence electrons. The number of para-hydroxylation sites is 1. The van der Waals surface area contributed by atoms with E-state index in [4.69, 9.17) is 17.2 Å². The molecule has 4 atom stereocenters. The molecule has 0 fully saturated rings. The highest BCUT2D eigenvalue weighted by Gasteiger charge is 2.31. The summed E-state index contributed by atoms with van der Waals surface area (Å²) in [6, 6.07) is 11.7. The first-order valence-electron chi connectivity index (χ1n) is 14.6. The Balaban J connectivity index is 1.77. The number of primary amides is 1. The van der Waals surface area contributed by atoms with Crippen LogP contribution in [0, 0.1) is 0 Å². The number of nitrogens with one attached hydrogen (secondary N) is 4. The fraction of sp³-hybridized carbons (Fsp3) is 0.387. The zero-order valence-electron chi connectivity index (χ0n) is 24.5. The highest BCUT2D eigenvalue weighted by molar-refractivity contribution is 5.94. The summed E-state index contributed by atoms with van der Waals surface area (Å²) < 4.78 is 0. The number of fused-ring (bicyclic) bond motifs is 1. The van der Waals surface area contributed by atoms with Crippen molar-refractivity contribution in [2.24, 2.45) is 17.2 Å². The van der Waals surface area contributed by atoms with E-state index in [1.54, 1.807) is 30.5 Å². The van der Waals surface area contributed by atoms with E-state index < -0.39 is 53.8 Å². The Labute approximate surface area is 255 Å². The third-order valence-electron chi connectivity index (χ3n) is 7.25. The predicted molar refractivity (Wildman–Crippen MR) is 165 cm³/mol. The summed E-state index contributed by atoms with van der Waals surface area (Å²) in [6.07, 6.45) is 3.02. The molecule has 3 rings (SSSR count). The summed E-state index contributed by atoms with van der Waals surface area (Å²) in [6.45, 7) is 0.465. The van der Waals surface area contributed by atoms with Gasteiger partial charge in [0.2, 0.25) is 23.6 Å². The van der Waals surface area contributed by atoms with Gasteiger partial charge in [0.15, 0.2) is 0 Å². The van der Waals surface area contributed by atoms with Gasteiger partial charge in [-0.1, -0.05) is 55.0 Å². The summed E-state index contributed by atoms with van der Waals surface area (Å²) in [5.74, 6) is -4.04. The lowest BCUT2D eigenvalue weighted by Crippen LogP contribution is -2.57. The summed E-state index contributed by atoms with van der Waals surface area (Å²) in [5, 5.41) is 18.5. The number of aromatic nitrogens is 1. The van der Waals surface area contributed by atoms with Crippen LogP contribution in [0.15, 0.2) is 60.8 Å². The maximum atomic E-state index is 13.5. The van der Waals surface area contributed by atoms with Crippen LogP contribution in [0.1, 0.15) is 43.2 Å². The van der Waals surface area contributed by atoms with Crippen LogP contribution >= 0.6 is 0 Å². The lowest BCUT2D eigenvalue weighted by Gasteiger charge is -2.25. The fourth-order valence-corrected chi connectivity index (χ4v) is 4.80. The summed E-state index contributed by atoms with van der Waals surface area (Å²) >= 11 is 0. The van der Waals surface area contributed by atoms with Crippen molar-refractivity contribution in [3.63, 3.8) is 0 Å². The van der Waals surface area contributed by atoms with Gasteiger partial charge < -0.3 is 43.2 Å². The number of rotatable bonds is 18. The van der Waals surface area contributed by atoms with Crippen molar-refractivity contribution in [1.82, 2.24) is 20.9 Å². The van der Waals surface area contributed by atoms with Crippen molar-refractivity contribution in [2.75, 3.05) is 6.54 Å². The molecule has 0 saturated heterocycles. The maximum Gasteiger partial charge on any atom is 0.326 e. The molecule has 4 unspecified atom stereocenters. The van der Waals surface area contributed by atoms with E-state index >= 15 is 0 Å². The van der Waals surface area contributed by atoms with E-state index in [1.807, 2.05) is 30.3 Å². The van der Waals surface area contributed by atoms with Crippen molar-refractivity contribution >= 4 is 40.5 Å². The number of unbranched alkanes of at least 4 members (excludes halogenated alkanes) is 1. The number of hydrogen-bond donors (Lipinski definition) is 8. The predicted octanol–water partition coefficient (Wildman–Crippen LogP) is 0.214. The molecule has 0 saturated carbocycles. The number of benzene rings is 2. The maximum absolute atomic E-state index is 13.5. The standard InChI is InChI=1S/C31H41N7O6/c32-15-7-6-11-22(33)28(40)37-25(16-19-8-2-1-3-9-19)30(42)36-24(13-14-27(34)39)29(41)38-26(31(43)44)17-20-18-35-23-12-5-4-10-21(20)23/h1-5,8-10,12,18,22,24-26,35H,6-7,11,13-17,32-33H2,(H2,34,39)(H,36,42)(H,37,40)(H,38,41)(H,43,44). The molecule has 13 nitrogen and oxygen atoms in total. The highest BCUT2D eigenvalue weighted by atomic mass is 16.4. The highest BCUT2D eigenvalue weighted by Crippen LogP contribution is 2.19. The number of aromatic amines is 1. The first-order valence-corrected chi connectivity index (χ1v) is 14.6. The molecular formula is C31H41N7O6. The molecular weight excluding hydrogens is 566 g/mol. The Morgan fingerprint density at radius 3 is 2.09 bits per heavy atom. The third kappa shape index (κ3) is 10.2. The molecule has 11 N–H and O–H groups in total. The van der Waals surface area contributed by atoms with Crippen molar-refractivity contribution in [2.45, 2.75) is 69.1 Å². The van der Waals surface area contributed by atoms with Crippen LogP contribution in [0.4, 0.5) is 0 Å². The van der Waals surface area contributed by atoms with Crippen LogP contribution in [0.25, 0.3) is 10.9 Å². The molecule has 0 aliphatic heterocycles. The second kappa shape index (κ2) is 16.8. The molecule has 0 aliphatic rings. The Morgan fingerprint density at radius 2 is 1.41 bits per heavy atom. The van der Waals surface area contributed by atoms with E-state index in [9.17, 15) is 29.1 Å². The number of carbonyl (C=O) groups excluding carboxylic acids is 4. The van der Waals surface area contributed by atoms with Gasteiger partial charge in [-0.2, -0.15) is 0 Å². The molecule has 44 heavy (non-hydrogen) atoms. The van der Waals surface area contributed by atoms with Gasteiger partial charge in [-0.15, -0.1) is 0 Å². The van der Waals surface area contributed by atoms with E-state index in [1.165, 1.54) is 0 Å². The van der Waals surface area contributed by atoms with Gasteiger partial charge in [0, 0.05) is 36.4 Å². The van der Waals surface area contributed by atoms with Crippen LogP contribution < -0.4 is 33.2 Å². The smallest absolute Gasteiger partial charge is 0.326 e. The average molecular weight is 608 g/mol. The quantitative estimate of drug-likeness (QED) is 0.0929. The minimum atomic E-state index is -1.33. The van der Waals surface area contributed by atoms with E-state index in [2.05, 4.69) is 20.9 Å². The van der Waals surface area contributed by atoms with Gasteiger partial charge in [0.05, 0.1) is 6.04 Å². The van der Waals surface area contributed by atoms with Crippen LogP contribution in [0.3, 0.4) is 0 Å². The zero-order chi connectivity index (χ0) is 32.1. The minimum Gasteiger partial charge on any atom is -0.480 e. The molecule has 0 bridgehead atoms. The fourth-order valence-electron chi connectivity index (χ4n) is 4.80. The molecule has 1 heterocycles. The van der Waals surface area contributed by atoms with E-state index in [0.717, 1.165) is 16.5 Å². The first kappa shape index (κ1) is 33.7.